The third-order valence-electron chi connectivity index (χ3n) is 0.982. The van der Waals surface area contributed by atoms with E-state index < -0.39 is 5.97 Å². The monoisotopic (exact) mass is 152 g/mol. The van der Waals surface area contributed by atoms with Crippen molar-refractivity contribution in [1.29, 1.82) is 0 Å². The van der Waals surface area contributed by atoms with Gasteiger partial charge in [0.05, 0.1) is 6.42 Å². The quantitative estimate of drug-likeness (QED) is 0.627. The van der Waals surface area contributed by atoms with Crippen molar-refractivity contribution in [3.05, 3.63) is 36.5 Å². The molecular formula is C9H12O2. The van der Waals surface area contributed by atoms with Crippen molar-refractivity contribution >= 4 is 5.97 Å². The van der Waals surface area contributed by atoms with E-state index in [1.165, 1.54) is 0 Å². The van der Waals surface area contributed by atoms with Crippen LogP contribution in [0.2, 0.25) is 0 Å². The summed E-state index contributed by atoms with van der Waals surface area (Å²) in [5.41, 5.74) is 1.47. The summed E-state index contributed by atoms with van der Waals surface area (Å²) >= 11 is 0. The maximum Gasteiger partial charge on any atom is 0.307 e. The number of allylic oxidation sites excluding steroid dienone is 3. The predicted octanol–water partition coefficient (Wildman–Crippen LogP) is 2.15. The van der Waals surface area contributed by atoms with Crippen LogP contribution in [0, 0.1) is 0 Å². The SMILES string of the molecule is C=C(C)/C=C\C(=C)CC(=O)O. The van der Waals surface area contributed by atoms with Gasteiger partial charge in [0.25, 0.3) is 0 Å². The lowest BCUT2D eigenvalue weighted by Crippen LogP contribution is -1.94. The highest BCUT2D eigenvalue weighted by Crippen LogP contribution is 2.01. The second-order valence-electron chi connectivity index (χ2n) is 2.41. The van der Waals surface area contributed by atoms with Crippen molar-refractivity contribution in [2.75, 3.05) is 0 Å². The lowest BCUT2D eigenvalue weighted by molar-refractivity contribution is -0.136. The first kappa shape index (κ1) is 9.69. The number of hydrogen-bond acceptors (Lipinski definition) is 1. The van der Waals surface area contributed by atoms with E-state index in [-0.39, 0.29) is 6.42 Å². The van der Waals surface area contributed by atoms with Gasteiger partial charge in [-0.15, -0.1) is 0 Å². The minimum atomic E-state index is -0.860. The van der Waals surface area contributed by atoms with E-state index in [4.69, 9.17) is 5.11 Å². The molecule has 0 unspecified atom stereocenters. The van der Waals surface area contributed by atoms with Crippen LogP contribution in [-0.2, 0) is 4.79 Å². The lowest BCUT2D eigenvalue weighted by Gasteiger charge is -1.92. The summed E-state index contributed by atoms with van der Waals surface area (Å²) in [7, 11) is 0. The Morgan fingerprint density at radius 3 is 2.36 bits per heavy atom. The van der Waals surface area contributed by atoms with Crippen LogP contribution in [0.3, 0.4) is 0 Å². The highest BCUT2D eigenvalue weighted by atomic mass is 16.4. The Morgan fingerprint density at radius 1 is 1.45 bits per heavy atom. The van der Waals surface area contributed by atoms with Crippen LogP contribution in [0.25, 0.3) is 0 Å². The van der Waals surface area contributed by atoms with Gasteiger partial charge in [-0.05, 0) is 12.5 Å². The topological polar surface area (TPSA) is 37.3 Å². The Balaban J connectivity index is 3.88. The third-order valence-corrected chi connectivity index (χ3v) is 0.982. The Morgan fingerprint density at radius 2 is 2.00 bits per heavy atom. The van der Waals surface area contributed by atoms with Gasteiger partial charge < -0.3 is 5.11 Å². The molecule has 0 aromatic rings. The molecule has 0 fully saturated rings. The van der Waals surface area contributed by atoms with Crippen LogP contribution in [0.1, 0.15) is 13.3 Å². The van der Waals surface area contributed by atoms with Crippen LogP contribution in [0.4, 0.5) is 0 Å². The molecule has 0 amide bonds. The number of carbonyl (C=O) groups is 1. The van der Waals surface area contributed by atoms with Gasteiger partial charge in [0.2, 0.25) is 0 Å². The Hall–Kier alpha value is -1.31. The maximum atomic E-state index is 10.1. The Labute approximate surface area is 66.5 Å². The summed E-state index contributed by atoms with van der Waals surface area (Å²) in [6.45, 7) is 9.03. The van der Waals surface area contributed by atoms with Crippen molar-refractivity contribution in [2.45, 2.75) is 13.3 Å². The van der Waals surface area contributed by atoms with Crippen molar-refractivity contribution in [2.24, 2.45) is 0 Å². The number of aliphatic carboxylic acids is 1. The van der Waals surface area contributed by atoms with Crippen LogP contribution >= 0.6 is 0 Å². The normalized spacial score (nSPS) is 9.91. The molecule has 11 heavy (non-hydrogen) atoms. The number of hydrogen-bond donors (Lipinski definition) is 1. The summed E-state index contributed by atoms with van der Waals surface area (Å²) in [5, 5.41) is 8.33. The van der Waals surface area contributed by atoms with E-state index in [9.17, 15) is 4.79 Å². The first-order chi connectivity index (χ1) is 5.02. The first-order valence-electron chi connectivity index (χ1n) is 3.25. The molecule has 0 atom stereocenters. The number of carboxylic acid groups (broad SMARTS) is 1. The van der Waals surface area contributed by atoms with Gasteiger partial charge in [0.15, 0.2) is 0 Å². The van der Waals surface area contributed by atoms with E-state index >= 15 is 0 Å². The number of carboxylic acids is 1. The summed E-state index contributed by atoms with van der Waals surface area (Å²) in [5.74, 6) is -0.860. The second-order valence-corrected chi connectivity index (χ2v) is 2.41. The van der Waals surface area contributed by atoms with Crippen molar-refractivity contribution in [1.82, 2.24) is 0 Å². The van der Waals surface area contributed by atoms with Gasteiger partial charge in [0.1, 0.15) is 0 Å². The zero-order valence-corrected chi connectivity index (χ0v) is 6.63. The fourth-order valence-electron chi connectivity index (χ4n) is 0.513. The zero-order valence-electron chi connectivity index (χ0n) is 6.63. The molecular weight excluding hydrogens is 140 g/mol. The fraction of sp³-hybridized carbons (Fsp3) is 0.222. The smallest absolute Gasteiger partial charge is 0.307 e. The van der Waals surface area contributed by atoms with E-state index in [0.717, 1.165) is 5.57 Å². The molecule has 60 valence electrons. The fourth-order valence-corrected chi connectivity index (χ4v) is 0.513. The highest BCUT2D eigenvalue weighted by molar-refractivity contribution is 5.70. The molecule has 0 saturated heterocycles. The molecule has 2 heteroatoms. The van der Waals surface area contributed by atoms with Crippen LogP contribution < -0.4 is 0 Å². The van der Waals surface area contributed by atoms with E-state index in [2.05, 4.69) is 13.2 Å². The summed E-state index contributed by atoms with van der Waals surface area (Å²) in [6, 6.07) is 0. The van der Waals surface area contributed by atoms with E-state index in [1.807, 2.05) is 6.92 Å². The maximum absolute atomic E-state index is 10.1. The van der Waals surface area contributed by atoms with Gasteiger partial charge in [-0.3, -0.25) is 4.79 Å². The molecule has 0 aliphatic carbocycles. The largest absolute Gasteiger partial charge is 0.481 e. The Bertz CT molecular complexity index is 212. The van der Waals surface area contributed by atoms with Gasteiger partial charge in [-0.2, -0.15) is 0 Å². The third kappa shape index (κ3) is 6.58. The zero-order chi connectivity index (χ0) is 8.85. The molecule has 0 aliphatic rings. The average Bonchev–Trinajstić information content (AvgIpc) is 1.82. The second kappa shape index (κ2) is 4.50. The summed E-state index contributed by atoms with van der Waals surface area (Å²) < 4.78 is 0. The molecule has 0 aromatic carbocycles. The summed E-state index contributed by atoms with van der Waals surface area (Å²) in [6.07, 6.45) is 3.39. The van der Waals surface area contributed by atoms with Crippen LogP contribution in [0.15, 0.2) is 36.5 Å². The molecule has 0 aromatic heterocycles. The predicted molar refractivity (Wildman–Crippen MR) is 45.3 cm³/mol. The van der Waals surface area contributed by atoms with Crippen molar-refractivity contribution in [3.63, 3.8) is 0 Å². The lowest BCUT2D eigenvalue weighted by atomic mass is 10.2. The molecule has 1 N–H and O–H groups in total. The van der Waals surface area contributed by atoms with Gasteiger partial charge in [-0.1, -0.05) is 30.9 Å². The minimum absolute atomic E-state index is 0.0101. The molecule has 0 aliphatic heterocycles. The standard InChI is InChI=1S/C9H12O2/c1-7(2)4-5-8(3)6-9(10)11/h4-5H,1,3,6H2,2H3,(H,10,11)/b5-4-. The molecule has 0 spiro atoms. The molecule has 0 bridgehead atoms. The van der Waals surface area contributed by atoms with E-state index in [1.54, 1.807) is 12.2 Å². The molecule has 0 saturated carbocycles. The molecule has 0 rings (SSSR count). The number of rotatable bonds is 4. The average molecular weight is 152 g/mol. The van der Waals surface area contributed by atoms with Crippen LogP contribution in [-0.4, -0.2) is 11.1 Å². The highest BCUT2D eigenvalue weighted by Gasteiger charge is 1.96. The summed E-state index contributed by atoms with van der Waals surface area (Å²) in [4.78, 5) is 10.1. The van der Waals surface area contributed by atoms with Gasteiger partial charge >= 0.3 is 5.97 Å². The van der Waals surface area contributed by atoms with Crippen molar-refractivity contribution in [3.8, 4) is 0 Å². The minimum Gasteiger partial charge on any atom is -0.481 e. The van der Waals surface area contributed by atoms with Gasteiger partial charge in [-0.25, -0.2) is 0 Å². The van der Waals surface area contributed by atoms with Crippen LogP contribution in [0.5, 0.6) is 0 Å². The first-order valence-corrected chi connectivity index (χ1v) is 3.25. The molecule has 0 radical (unpaired) electrons. The Kier molecular flexibility index (Phi) is 3.96. The van der Waals surface area contributed by atoms with Crippen molar-refractivity contribution < 1.29 is 9.90 Å². The molecule has 2 nitrogen and oxygen atoms in total. The molecule has 0 heterocycles. The van der Waals surface area contributed by atoms with E-state index in [0.29, 0.717) is 5.57 Å². The van der Waals surface area contributed by atoms with Gasteiger partial charge in [0, 0.05) is 0 Å².